The van der Waals surface area contributed by atoms with Crippen molar-refractivity contribution in [1.29, 1.82) is 0 Å². The Labute approximate surface area is 199 Å². The van der Waals surface area contributed by atoms with Crippen LogP contribution in [-0.2, 0) is 20.8 Å². The van der Waals surface area contributed by atoms with Gasteiger partial charge in [-0.2, -0.15) is 0 Å². The highest BCUT2D eigenvalue weighted by atomic mass is 16.6. The van der Waals surface area contributed by atoms with Gasteiger partial charge in [0.05, 0.1) is 0 Å². The van der Waals surface area contributed by atoms with Crippen molar-refractivity contribution >= 4 is 11.7 Å². The van der Waals surface area contributed by atoms with Gasteiger partial charge in [-0.1, -0.05) is 35.5 Å². The molecule has 0 fully saturated rings. The van der Waals surface area contributed by atoms with E-state index in [9.17, 15) is 9.90 Å². The van der Waals surface area contributed by atoms with E-state index in [4.69, 9.17) is 19.0 Å². The van der Waals surface area contributed by atoms with Crippen molar-refractivity contribution < 1.29 is 28.9 Å². The second-order valence-electron chi connectivity index (χ2n) is 7.31. The molecule has 0 heterocycles. The van der Waals surface area contributed by atoms with E-state index < -0.39 is 12.1 Å². The highest BCUT2D eigenvalue weighted by molar-refractivity contribution is 6.01. The Bertz CT molecular complexity index is 1050. The molecule has 7 nitrogen and oxygen atoms in total. The van der Waals surface area contributed by atoms with Gasteiger partial charge in [-0.05, 0) is 67.9 Å². The largest absolute Gasteiger partial charge is 0.487 e. The third-order valence-corrected chi connectivity index (χ3v) is 4.83. The van der Waals surface area contributed by atoms with Gasteiger partial charge in [-0.15, -0.1) is 0 Å². The second-order valence-corrected chi connectivity index (χ2v) is 7.31. The summed E-state index contributed by atoms with van der Waals surface area (Å²) in [6.45, 7) is 4.63. The van der Waals surface area contributed by atoms with Gasteiger partial charge in [0.25, 0.3) is 0 Å². The molecule has 0 aliphatic heterocycles. The normalized spacial score (nSPS) is 12.1. The predicted molar refractivity (Wildman–Crippen MR) is 130 cm³/mol. The van der Waals surface area contributed by atoms with Crippen LogP contribution in [0, 0.1) is 0 Å². The second kappa shape index (κ2) is 13.0. The molecule has 3 aromatic carbocycles. The minimum atomic E-state index is -0.973. The van der Waals surface area contributed by atoms with Crippen molar-refractivity contribution in [3.63, 3.8) is 0 Å². The van der Waals surface area contributed by atoms with Crippen LogP contribution in [0.25, 0.3) is 0 Å². The fourth-order valence-electron chi connectivity index (χ4n) is 3.15. The van der Waals surface area contributed by atoms with Crippen LogP contribution in [0.2, 0.25) is 0 Å². The molecule has 1 atom stereocenters. The SMILES string of the molecule is CCON=C(COc1ccc(CC(OCC)C(=O)O)cc1)c1ccc(Oc2ccccc2)cc1. The van der Waals surface area contributed by atoms with E-state index in [1.807, 2.05) is 73.7 Å². The Balaban J connectivity index is 1.62. The molecular weight excluding hydrogens is 434 g/mol. The van der Waals surface area contributed by atoms with Crippen LogP contribution >= 0.6 is 0 Å². The molecule has 3 aromatic rings. The lowest BCUT2D eigenvalue weighted by atomic mass is 10.1. The van der Waals surface area contributed by atoms with E-state index in [0.717, 1.165) is 16.9 Å². The standard InChI is InChI=1S/C27H29NO6/c1-3-31-26(27(29)30)18-20-10-14-22(15-11-20)32-19-25(28-33-4-2)21-12-16-24(17-13-21)34-23-8-6-5-7-9-23/h5-17,26H,3-4,18-19H2,1-2H3,(H,29,30). The van der Waals surface area contributed by atoms with E-state index in [2.05, 4.69) is 5.16 Å². The summed E-state index contributed by atoms with van der Waals surface area (Å²) in [5.74, 6) is 1.15. The Morgan fingerprint density at radius 2 is 1.50 bits per heavy atom. The molecule has 0 aromatic heterocycles. The van der Waals surface area contributed by atoms with E-state index in [0.29, 0.717) is 30.4 Å². The van der Waals surface area contributed by atoms with Gasteiger partial charge in [0.1, 0.15) is 36.2 Å². The molecule has 0 aliphatic carbocycles. The fraction of sp³-hybridized carbons (Fsp3) is 0.259. The summed E-state index contributed by atoms with van der Waals surface area (Å²) in [6, 6.07) is 24.4. The molecule has 0 bridgehead atoms. The minimum absolute atomic E-state index is 0.203. The van der Waals surface area contributed by atoms with Crippen LogP contribution in [0.4, 0.5) is 0 Å². The zero-order valence-corrected chi connectivity index (χ0v) is 19.3. The van der Waals surface area contributed by atoms with Gasteiger partial charge < -0.3 is 24.2 Å². The molecule has 1 unspecified atom stereocenters. The summed E-state index contributed by atoms with van der Waals surface area (Å²) >= 11 is 0. The number of rotatable bonds is 13. The highest BCUT2D eigenvalue weighted by Gasteiger charge is 2.18. The first-order valence-electron chi connectivity index (χ1n) is 11.2. The first-order chi connectivity index (χ1) is 16.6. The fourth-order valence-corrected chi connectivity index (χ4v) is 3.15. The van der Waals surface area contributed by atoms with Gasteiger partial charge in [-0.3, -0.25) is 0 Å². The number of benzene rings is 3. The number of carboxylic acid groups (broad SMARTS) is 1. The van der Waals surface area contributed by atoms with E-state index >= 15 is 0 Å². The van der Waals surface area contributed by atoms with Gasteiger partial charge in [0, 0.05) is 18.6 Å². The molecule has 178 valence electrons. The number of aliphatic carboxylic acids is 1. The summed E-state index contributed by atoms with van der Waals surface area (Å²) in [5.41, 5.74) is 2.34. The number of oxime groups is 1. The summed E-state index contributed by atoms with van der Waals surface area (Å²) in [5, 5.41) is 13.5. The molecule has 0 spiro atoms. The van der Waals surface area contributed by atoms with Crippen LogP contribution in [0.15, 0.2) is 84.0 Å². The molecule has 0 saturated carbocycles. The third-order valence-electron chi connectivity index (χ3n) is 4.83. The first kappa shape index (κ1) is 24.8. The Kier molecular flexibility index (Phi) is 9.49. The number of hydrogen-bond acceptors (Lipinski definition) is 6. The van der Waals surface area contributed by atoms with E-state index in [1.165, 1.54) is 0 Å². The number of carbonyl (C=O) groups is 1. The van der Waals surface area contributed by atoms with E-state index in [1.54, 1.807) is 19.1 Å². The van der Waals surface area contributed by atoms with Gasteiger partial charge in [0.2, 0.25) is 0 Å². The lowest BCUT2D eigenvalue weighted by Gasteiger charge is -2.13. The van der Waals surface area contributed by atoms with Gasteiger partial charge in [0.15, 0.2) is 6.10 Å². The number of carboxylic acids is 1. The van der Waals surface area contributed by atoms with E-state index in [-0.39, 0.29) is 13.0 Å². The minimum Gasteiger partial charge on any atom is -0.487 e. The summed E-state index contributed by atoms with van der Waals surface area (Å²) in [7, 11) is 0. The maximum Gasteiger partial charge on any atom is 0.333 e. The molecule has 0 radical (unpaired) electrons. The van der Waals surface area contributed by atoms with Crippen LogP contribution in [0.1, 0.15) is 25.0 Å². The number of ether oxygens (including phenoxy) is 3. The molecule has 0 aliphatic rings. The lowest BCUT2D eigenvalue weighted by Crippen LogP contribution is -2.26. The number of para-hydroxylation sites is 1. The summed E-state index contributed by atoms with van der Waals surface area (Å²) < 4.78 is 17.0. The van der Waals surface area contributed by atoms with Gasteiger partial charge in [-0.25, -0.2) is 4.79 Å². The zero-order chi connectivity index (χ0) is 24.2. The summed E-state index contributed by atoms with van der Waals surface area (Å²) in [6.07, 6.45) is -0.576. The number of hydrogen-bond donors (Lipinski definition) is 1. The quantitative estimate of drug-likeness (QED) is 0.272. The van der Waals surface area contributed by atoms with Crippen molar-refractivity contribution in [3.8, 4) is 17.2 Å². The summed E-state index contributed by atoms with van der Waals surface area (Å²) in [4.78, 5) is 16.6. The Morgan fingerprint density at radius 1 is 0.853 bits per heavy atom. The maximum absolute atomic E-state index is 11.3. The van der Waals surface area contributed by atoms with Crippen molar-refractivity contribution in [1.82, 2.24) is 0 Å². The molecule has 34 heavy (non-hydrogen) atoms. The van der Waals surface area contributed by atoms with Crippen LogP contribution in [-0.4, -0.2) is 42.7 Å². The van der Waals surface area contributed by atoms with Crippen molar-refractivity contribution in [2.45, 2.75) is 26.4 Å². The van der Waals surface area contributed by atoms with Crippen molar-refractivity contribution in [2.75, 3.05) is 19.8 Å². The van der Waals surface area contributed by atoms with Crippen molar-refractivity contribution in [2.24, 2.45) is 5.16 Å². The monoisotopic (exact) mass is 463 g/mol. The molecule has 3 rings (SSSR count). The zero-order valence-electron chi connectivity index (χ0n) is 19.3. The Hall–Kier alpha value is -3.84. The van der Waals surface area contributed by atoms with Crippen LogP contribution < -0.4 is 9.47 Å². The van der Waals surface area contributed by atoms with Crippen LogP contribution in [0.5, 0.6) is 17.2 Å². The average molecular weight is 464 g/mol. The topological polar surface area (TPSA) is 86.6 Å². The highest BCUT2D eigenvalue weighted by Crippen LogP contribution is 2.22. The average Bonchev–Trinajstić information content (AvgIpc) is 2.86. The Morgan fingerprint density at radius 3 is 2.12 bits per heavy atom. The molecule has 0 amide bonds. The molecule has 1 N–H and O–H groups in total. The molecular formula is C27H29NO6. The third kappa shape index (κ3) is 7.64. The molecule has 7 heteroatoms. The van der Waals surface area contributed by atoms with Gasteiger partial charge >= 0.3 is 5.97 Å². The number of nitrogens with zero attached hydrogens (tertiary/aromatic N) is 1. The smallest absolute Gasteiger partial charge is 0.333 e. The molecule has 0 saturated heterocycles. The van der Waals surface area contributed by atoms with Crippen molar-refractivity contribution in [3.05, 3.63) is 90.0 Å². The lowest BCUT2D eigenvalue weighted by molar-refractivity contribution is -0.149. The van der Waals surface area contributed by atoms with Crippen LogP contribution in [0.3, 0.4) is 0 Å². The maximum atomic E-state index is 11.3. The first-order valence-corrected chi connectivity index (χ1v) is 11.2. The predicted octanol–water partition coefficient (Wildman–Crippen LogP) is 5.33.